The number of nitrogens with zero attached hydrogens (tertiary/aromatic N) is 2. The second-order valence-electron chi connectivity index (χ2n) is 3.90. The van der Waals surface area contributed by atoms with Crippen molar-refractivity contribution in [2.24, 2.45) is 0 Å². The maximum absolute atomic E-state index is 13.4. The number of amides is 2. The molecule has 0 aliphatic carbocycles. The molecule has 0 radical (unpaired) electrons. The van der Waals surface area contributed by atoms with Gasteiger partial charge in [0.15, 0.2) is 0 Å². The van der Waals surface area contributed by atoms with Crippen LogP contribution >= 0.6 is 0 Å². The molecule has 0 spiro atoms. The highest BCUT2D eigenvalue weighted by Crippen LogP contribution is 2.21. The smallest absolute Gasteiger partial charge is 0.326 e. The molecule has 2 amide bonds. The first-order chi connectivity index (χ1) is 9.09. The van der Waals surface area contributed by atoms with Crippen LogP contribution in [0.1, 0.15) is 0 Å². The summed E-state index contributed by atoms with van der Waals surface area (Å²) in [6.45, 7) is 0. The summed E-state index contributed by atoms with van der Waals surface area (Å²) in [6, 6.07) is 7.07. The van der Waals surface area contributed by atoms with Crippen molar-refractivity contribution < 1.29 is 9.18 Å². The number of hydrogen-bond donors (Lipinski definition) is 2. The van der Waals surface area contributed by atoms with E-state index in [1.807, 2.05) is 0 Å². The second kappa shape index (κ2) is 5.34. The normalized spacial score (nSPS) is 10.0. The van der Waals surface area contributed by atoms with E-state index in [1.165, 1.54) is 29.4 Å². The van der Waals surface area contributed by atoms with Crippen LogP contribution in [0.5, 0.6) is 0 Å². The molecule has 0 aliphatic heterocycles. The Kier molecular flexibility index (Phi) is 3.61. The van der Waals surface area contributed by atoms with Crippen LogP contribution in [-0.2, 0) is 0 Å². The minimum Gasteiger partial charge on any atom is -0.396 e. The maximum atomic E-state index is 13.4. The number of pyridine rings is 1. The van der Waals surface area contributed by atoms with Gasteiger partial charge in [-0.1, -0.05) is 12.1 Å². The Labute approximate surface area is 109 Å². The molecule has 2 aromatic rings. The minimum absolute atomic E-state index is 0.118. The third-order valence-corrected chi connectivity index (χ3v) is 2.61. The lowest BCUT2D eigenvalue weighted by Crippen LogP contribution is -2.32. The zero-order valence-electron chi connectivity index (χ0n) is 10.3. The van der Waals surface area contributed by atoms with E-state index < -0.39 is 11.8 Å². The van der Waals surface area contributed by atoms with Gasteiger partial charge in [-0.15, -0.1) is 0 Å². The van der Waals surface area contributed by atoms with Crippen molar-refractivity contribution in [3.8, 4) is 0 Å². The number of rotatable bonds is 2. The lowest BCUT2D eigenvalue weighted by molar-refractivity contribution is 0.258. The van der Waals surface area contributed by atoms with Gasteiger partial charge in [0.2, 0.25) is 0 Å². The summed E-state index contributed by atoms with van der Waals surface area (Å²) in [4.78, 5) is 17.1. The summed E-state index contributed by atoms with van der Waals surface area (Å²) in [7, 11) is 1.54. The van der Waals surface area contributed by atoms with Gasteiger partial charge >= 0.3 is 6.03 Å². The first-order valence-corrected chi connectivity index (χ1v) is 5.58. The maximum Gasteiger partial charge on any atom is 0.326 e. The zero-order chi connectivity index (χ0) is 13.8. The van der Waals surface area contributed by atoms with Crippen molar-refractivity contribution in [3.05, 3.63) is 48.5 Å². The molecule has 1 aromatic carbocycles. The zero-order valence-corrected chi connectivity index (χ0v) is 10.3. The van der Waals surface area contributed by atoms with Crippen LogP contribution in [0.4, 0.5) is 26.2 Å². The lowest BCUT2D eigenvalue weighted by Gasteiger charge is -2.19. The first kappa shape index (κ1) is 12.8. The van der Waals surface area contributed by atoms with E-state index in [4.69, 9.17) is 5.73 Å². The molecule has 0 fully saturated rings. The Morgan fingerprint density at radius 3 is 2.79 bits per heavy atom. The highest BCUT2D eigenvalue weighted by Gasteiger charge is 2.14. The molecule has 0 atom stereocenters. The Bertz CT molecular complexity index is 603. The summed E-state index contributed by atoms with van der Waals surface area (Å²) in [6.07, 6.45) is 2.97. The fourth-order valence-corrected chi connectivity index (χ4v) is 1.58. The van der Waals surface area contributed by atoms with Gasteiger partial charge in [0.25, 0.3) is 0 Å². The molecule has 6 heteroatoms. The summed E-state index contributed by atoms with van der Waals surface area (Å²) in [5, 5.41) is 2.47. The molecule has 98 valence electrons. The number of anilines is 3. The molecule has 0 bridgehead atoms. The Morgan fingerprint density at radius 2 is 2.11 bits per heavy atom. The van der Waals surface area contributed by atoms with Gasteiger partial charge in [-0.3, -0.25) is 9.88 Å². The first-order valence-electron chi connectivity index (χ1n) is 5.58. The van der Waals surface area contributed by atoms with E-state index in [1.54, 1.807) is 25.2 Å². The summed E-state index contributed by atoms with van der Waals surface area (Å²) < 4.78 is 13.4. The monoisotopic (exact) mass is 260 g/mol. The second-order valence-corrected chi connectivity index (χ2v) is 3.90. The van der Waals surface area contributed by atoms with E-state index in [9.17, 15) is 9.18 Å². The van der Waals surface area contributed by atoms with E-state index >= 15 is 0 Å². The number of halogens is 1. The third-order valence-electron chi connectivity index (χ3n) is 2.61. The van der Waals surface area contributed by atoms with Gasteiger partial charge in [-0.2, -0.15) is 0 Å². The summed E-state index contributed by atoms with van der Waals surface area (Å²) in [5.41, 5.74) is 6.71. The van der Waals surface area contributed by atoms with Crippen LogP contribution in [-0.4, -0.2) is 18.1 Å². The molecule has 0 saturated carbocycles. The molecule has 0 unspecified atom stereocenters. The molecular weight excluding hydrogens is 247 g/mol. The molecule has 1 heterocycles. The van der Waals surface area contributed by atoms with Crippen molar-refractivity contribution >= 4 is 23.1 Å². The Morgan fingerprint density at radius 1 is 1.37 bits per heavy atom. The van der Waals surface area contributed by atoms with Crippen LogP contribution in [0.25, 0.3) is 0 Å². The molecule has 5 nitrogen and oxygen atoms in total. The average Bonchev–Trinajstić information content (AvgIpc) is 2.41. The summed E-state index contributed by atoms with van der Waals surface area (Å²) >= 11 is 0. The number of urea groups is 1. The number of para-hydroxylation sites is 1. The van der Waals surface area contributed by atoms with Crippen LogP contribution in [0.2, 0.25) is 0 Å². The fraction of sp³-hybridized carbons (Fsp3) is 0.0769. The number of nitrogens with one attached hydrogen (secondary N) is 1. The van der Waals surface area contributed by atoms with Crippen LogP contribution in [0.3, 0.4) is 0 Å². The number of nitrogens with two attached hydrogens (primary N) is 1. The van der Waals surface area contributed by atoms with Crippen molar-refractivity contribution in [1.82, 2.24) is 4.98 Å². The highest BCUT2D eigenvalue weighted by molar-refractivity contribution is 6.03. The van der Waals surface area contributed by atoms with Gasteiger partial charge < -0.3 is 11.1 Å². The van der Waals surface area contributed by atoms with Gasteiger partial charge in [-0.05, 0) is 18.2 Å². The van der Waals surface area contributed by atoms with Gasteiger partial charge in [-0.25, -0.2) is 9.18 Å². The number of hydrogen-bond acceptors (Lipinski definition) is 3. The summed E-state index contributed by atoms with van der Waals surface area (Å²) in [5.74, 6) is -0.494. The predicted octanol–water partition coefficient (Wildman–Crippen LogP) is 2.47. The number of aromatic nitrogens is 1. The van der Waals surface area contributed by atoms with E-state index in [0.717, 1.165) is 0 Å². The number of carbonyl (C=O) groups excluding carboxylic acids is 1. The Hall–Kier alpha value is -2.63. The van der Waals surface area contributed by atoms with Crippen molar-refractivity contribution in [1.29, 1.82) is 0 Å². The molecule has 0 aliphatic rings. The van der Waals surface area contributed by atoms with E-state index in [2.05, 4.69) is 10.3 Å². The Balaban J connectivity index is 2.17. The van der Waals surface area contributed by atoms with Crippen molar-refractivity contribution in [2.45, 2.75) is 0 Å². The van der Waals surface area contributed by atoms with Crippen molar-refractivity contribution in [3.63, 3.8) is 0 Å². The van der Waals surface area contributed by atoms with Gasteiger partial charge in [0.1, 0.15) is 5.82 Å². The SMILES string of the molecule is CN(C(=O)Nc1ccccc1F)c1ccncc1N. The molecule has 0 saturated heterocycles. The highest BCUT2D eigenvalue weighted by atomic mass is 19.1. The van der Waals surface area contributed by atoms with E-state index in [0.29, 0.717) is 11.4 Å². The van der Waals surface area contributed by atoms with Crippen LogP contribution in [0, 0.1) is 5.82 Å². The molecule has 2 rings (SSSR count). The molecule has 19 heavy (non-hydrogen) atoms. The quantitative estimate of drug-likeness (QED) is 0.871. The number of carbonyl (C=O) groups is 1. The van der Waals surface area contributed by atoms with Gasteiger partial charge in [0, 0.05) is 13.2 Å². The minimum atomic E-state index is -0.494. The van der Waals surface area contributed by atoms with E-state index in [-0.39, 0.29) is 5.69 Å². The molecule has 1 aromatic heterocycles. The molecule has 3 N–H and O–H groups in total. The van der Waals surface area contributed by atoms with Crippen LogP contribution < -0.4 is 16.0 Å². The standard InChI is InChI=1S/C13H13FN4O/c1-18(12-6-7-16-8-10(12)15)13(19)17-11-5-3-2-4-9(11)14/h2-8H,15H2,1H3,(H,17,19). The largest absolute Gasteiger partial charge is 0.396 e. The van der Waals surface area contributed by atoms with Crippen LogP contribution in [0.15, 0.2) is 42.7 Å². The number of benzene rings is 1. The number of nitrogen functional groups attached to an aromatic ring is 1. The predicted molar refractivity (Wildman–Crippen MR) is 72.5 cm³/mol. The van der Waals surface area contributed by atoms with Crippen molar-refractivity contribution in [2.75, 3.05) is 23.0 Å². The average molecular weight is 260 g/mol. The molecular formula is C13H13FN4O. The topological polar surface area (TPSA) is 71.2 Å². The lowest BCUT2D eigenvalue weighted by atomic mass is 10.3. The third kappa shape index (κ3) is 2.79. The fourth-order valence-electron chi connectivity index (χ4n) is 1.58. The van der Waals surface area contributed by atoms with Gasteiger partial charge in [0.05, 0.1) is 23.3 Å².